The number of rotatable bonds is 7. The lowest BCUT2D eigenvalue weighted by molar-refractivity contribution is 0.303. The summed E-state index contributed by atoms with van der Waals surface area (Å²) < 4.78 is 6.05. The Kier molecular flexibility index (Phi) is 6.03. The van der Waals surface area contributed by atoms with Crippen LogP contribution in [0, 0.1) is 0 Å². The zero-order valence-electron chi connectivity index (χ0n) is 15.9. The zero-order valence-corrected chi connectivity index (χ0v) is 16.7. The van der Waals surface area contributed by atoms with E-state index in [0.29, 0.717) is 6.61 Å². The number of anilines is 2. The standard InChI is InChI=1S/C24H25ClN2O/c25-21-9-7-19(8-10-21)18-28-24-6-2-1-5-20(24)17-26-22-11-13-23(14-12-22)27-15-3-4-16-27/h1-2,5-14,26H,3-4,15-18H2. The van der Waals surface area contributed by atoms with E-state index in [1.165, 1.54) is 31.6 Å². The van der Waals surface area contributed by atoms with Crippen LogP contribution in [0.4, 0.5) is 11.4 Å². The average Bonchev–Trinajstić information content (AvgIpc) is 3.28. The maximum atomic E-state index is 6.05. The van der Waals surface area contributed by atoms with Gasteiger partial charge in [0, 0.05) is 41.6 Å². The smallest absolute Gasteiger partial charge is 0.124 e. The second-order valence-corrected chi connectivity index (χ2v) is 7.55. The quantitative estimate of drug-likeness (QED) is 0.523. The molecule has 0 aliphatic carbocycles. The molecular formula is C24H25ClN2O. The van der Waals surface area contributed by atoms with Gasteiger partial charge in [-0.15, -0.1) is 0 Å². The molecule has 4 rings (SSSR count). The molecule has 0 bridgehead atoms. The predicted octanol–water partition coefficient (Wildman–Crippen LogP) is 6.13. The van der Waals surface area contributed by atoms with Gasteiger partial charge in [0.05, 0.1) is 0 Å². The molecule has 4 heteroatoms. The summed E-state index contributed by atoms with van der Waals surface area (Å²) in [6, 6.07) is 24.7. The van der Waals surface area contributed by atoms with Crippen LogP contribution >= 0.6 is 11.6 Å². The van der Waals surface area contributed by atoms with Gasteiger partial charge >= 0.3 is 0 Å². The summed E-state index contributed by atoms with van der Waals surface area (Å²) in [5.41, 5.74) is 4.68. The third-order valence-corrected chi connectivity index (χ3v) is 5.35. The fourth-order valence-corrected chi connectivity index (χ4v) is 3.62. The Morgan fingerprint density at radius 1 is 0.857 bits per heavy atom. The minimum Gasteiger partial charge on any atom is -0.489 e. The molecule has 144 valence electrons. The van der Waals surface area contributed by atoms with Gasteiger partial charge in [-0.3, -0.25) is 0 Å². The Balaban J connectivity index is 1.36. The highest BCUT2D eigenvalue weighted by Gasteiger charge is 2.11. The highest BCUT2D eigenvalue weighted by atomic mass is 35.5. The molecule has 0 spiro atoms. The summed E-state index contributed by atoms with van der Waals surface area (Å²) >= 11 is 5.95. The van der Waals surface area contributed by atoms with Crippen molar-refractivity contribution >= 4 is 23.0 Å². The van der Waals surface area contributed by atoms with Crippen LogP contribution in [0.25, 0.3) is 0 Å². The second-order valence-electron chi connectivity index (χ2n) is 7.12. The molecule has 0 aromatic heterocycles. The van der Waals surface area contributed by atoms with E-state index in [1.807, 2.05) is 42.5 Å². The lowest BCUT2D eigenvalue weighted by Gasteiger charge is -2.18. The van der Waals surface area contributed by atoms with Crippen molar-refractivity contribution in [3.05, 3.63) is 88.9 Å². The van der Waals surface area contributed by atoms with E-state index in [0.717, 1.165) is 34.1 Å². The van der Waals surface area contributed by atoms with Crippen LogP contribution in [0.2, 0.25) is 5.02 Å². The molecular weight excluding hydrogens is 368 g/mol. The third-order valence-electron chi connectivity index (χ3n) is 5.10. The molecule has 1 heterocycles. The summed E-state index contributed by atoms with van der Waals surface area (Å²) in [4.78, 5) is 2.45. The molecule has 3 aromatic rings. The lowest BCUT2D eigenvalue weighted by Crippen LogP contribution is -2.17. The van der Waals surface area contributed by atoms with Crippen molar-refractivity contribution in [3.8, 4) is 5.75 Å². The molecule has 3 nitrogen and oxygen atoms in total. The number of halogens is 1. The van der Waals surface area contributed by atoms with E-state index >= 15 is 0 Å². The van der Waals surface area contributed by atoms with Crippen molar-refractivity contribution < 1.29 is 4.74 Å². The SMILES string of the molecule is Clc1ccc(COc2ccccc2CNc2ccc(N3CCCC3)cc2)cc1. The highest BCUT2D eigenvalue weighted by Crippen LogP contribution is 2.24. The number of ether oxygens (including phenoxy) is 1. The van der Waals surface area contributed by atoms with E-state index in [4.69, 9.17) is 16.3 Å². The van der Waals surface area contributed by atoms with Gasteiger partial charge < -0.3 is 15.0 Å². The molecule has 1 fully saturated rings. The van der Waals surface area contributed by atoms with Crippen LogP contribution in [0.3, 0.4) is 0 Å². The van der Waals surface area contributed by atoms with E-state index in [9.17, 15) is 0 Å². The number of nitrogens with one attached hydrogen (secondary N) is 1. The lowest BCUT2D eigenvalue weighted by atomic mass is 10.2. The summed E-state index contributed by atoms with van der Waals surface area (Å²) in [6.07, 6.45) is 2.60. The molecule has 0 amide bonds. The van der Waals surface area contributed by atoms with E-state index < -0.39 is 0 Å². The maximum absolute atomic E-state index is 6.05. The van der Waals surface area contributed by atoms with Crippen molar-refractivity contribution in [1.29, 1.82) is 0 Å². The summed E-state index contributed by atoms with van der Waals surface area (Å²) in [7, 11) is 0. The molecule has 1 aliphatic rings. The van der Waals surface area contributed by atoms with Gasteiger partial charge in [-0.25, -0.2) is 0 Å². The first-order valence-electron chi connectivity index (χ1n) is 9.82. The topological polar surface area (TPSA) is 24.5 Å². The molecule has 3 aromatic carbocycles. The van der Waals surface area contributed by atoms with Crippen molar-refractivity contribution in [2.75, 3.05) is 23.3 Å². The van der Waals surface area contributed by atoms with Gasteiger partial charge in [0.15, 0.2) is 0 Å². The van der Waals surface area contributed by atoms with Gasteiger partial charge in [-0.05, 0) is 60.9 Å². The molecule has 0 saturated carbocycles. The molecule has 0 radical (unpaired) electrons. The summed E-state index contributed by atoms with van der Waals surface area (Å²) in [5, 5.41) is 4.25. The van der Waals surface area contributed by atoms with Crippen molar-refractivity contribution in [2.45, 2.75) is 26.0 Å². The number of nitrogens with zero attached hydrogens (tertiary/aromatic N) is 1. The molecule has 0 unspecified atom stereocenters. The van der Waals surface area contributed by atoms with Crippen molar-refractivity contribution in [1.82, 2.24) is 0 Å². The average molecular weight is 393 g/mol. The Bertz CT molecular complexity index is 887. The van der Waals surface area contributed by atoms with Crippen LogP contribution in [0.5, 0.6) is 5.75 Å². The van der Waals surface area contributed by atoms with Crippen molar-refractivity contribution in [2.24, 2.45) is 0 Å². The molecule has 1 aliphatic heterocycles. The van der Waals surface area contributed by atoms with Gasteiger partial charge in [0.2, 0.25) is 0 Å². The Labute approximate surface area is 171 Å². The minimum absolute atomic E-state index is 0.527. The van der Waals surface area contributed by atoms with Gasteiger partial charge in [0.1, 0.15) is 12.4 Å². The van der Waals surface area contributed by atoms with Crippen molar-refractivity contribution in [3.63, 3.8) is 0 Å². The fraction of sp³-hybridized carbons (Fsp3) is 0.250. The molecule has 1 saturated heterocycles. The first kappa shape index (κ1) is 18.7. The van der Waals surface area contributed by atoms with Crippen LogP contribution in [-0.4, -0.2) is 13.1 Å². The molecule has 0 atom stereocenters. The third kappa shape index (κ3) is 4.79. The largest absolute Gasteiger partial charge is 0.489 e. The van der Waals surface area contributed by atoms with Gasteiger partial charge in [-0.1, -0.05) is 41.9 Å². The van der Waals surface area contributed by atoms with E-state index in [2.05, 4.69) is 40.5 Å². The van der Waals surface area contributed by atoms with E-state index in [1.54, 1.807) is 0 Å². The Morgan fingerprint density at radius 3 is 2.32 bits per heavy atom. The predicted molar refractivity (Wildman–Crippen MR) is 117 cm³/mol. The number of benzene rings is 3. The minimum atomic E-state index is 0.527. The van der Waals surface area contributed by atoms with Crippen LogP contribution < -0.4 is 15.0 Å². The monoisotopic (exact) mass is 392 g/mol. The number of hydrogen-bond acceptors (Lipinski definition) is 3. The summed E-state index contributed by atoms with van der Waals surface area (Å²) in [6.45, 7) is 3.59. The fourth-order valence-electron chi connectivity index (χ4n) is 3.50. The van der Waals surface area contributed by atoms with E-state index in [-0.39, 0.29) is 0 Å². The molecule has 1 N–H and O–H groups in total. The first-order chi connectivity index (χ1) is 13.8. The Morgan fingerprint density at radius 2 is 1.57 bits per heavy atom. The number of hydrogen-bond donors (Lipinski definition) is 1. The second kappa shape index (κ2) is 9.03. The Hall–Kier alpha value is -2.65. The number of para-hydroxylation sites is 1. The normalized spacial score (nSPS) is 13.5. The van der Waals surface area contributed by atoms with Crippen LogP contribution in [0.1, 0.15) is 24.0 Å². The van der Waals surface area contributed by atoms with Gasteiger partial charge in [-0.2, -0.15) is 0 Å². The zero-order chi connectivity index (χ0) is 19.2. The maximum Gasteiger partial charge on any atom is 0.124 e. The first-order valence-corrected chi connectivity index (χ1v) is 10.2. The molecule has 28 heavy (non-hydrogen) atoms. The highest BCUT2D eigenvalue weighted by molar-refractivity contribution is 6.30. The van der Waals surface area contributed by atoms with Crippen LogP contribution in [0.15, 0.2) is 72.8 Å². The van der Waals surface area contributed by atoms with Crippen LogP contribution in [-0.2, 0) is 13.2 Å². The summed E-state index contributed by atoms with van der Waals surface area (Å²) in [5.74, 6) is 0.902. The van der Waals surface area contributed by atoms with Gasteiger partial charge in [0.25, 0.3) is 0 Å².